The number of nitrogens with zero attached hydrogens (tertiary/aromatic N) is 4. The van der Waals surface area contributed by atoms with Crippen molar-refractivity contribution in [1.29, 1.82) is 5.26 Å². The van der Waals surface area contributed by atoms with Crippen molar-refractivity contribution < 1.29 is 4.79 Å². The van der Waals surface area contributed by atoms with Crippen molar-refractivity contribution >= 4 is 17.2 Å². The van der Waals surface area contributed by atoms with Crippen LogP contribution in [0.1, 0.15) is 21.7 Å². The maximum atomic E-state index is 11.8. The Kier molecular flexibility index (Phi) is 2.85. The number of aromatic nitrogens is 4. The third-order valence-electron chi connectivity index (χ3n) is 2.90. The van der Waals surface area contributed by atoms with Crippen molar-refractivity contribution in [3.63, 3.8) is 0 Å². The predicted molar refractivity (Wildman–Crippen MR) is 69.0 cm³/mol. The molecular weight excluding hydrogens is 258 g/mol. The highest BCUT2D eigenvalue weighted by atomic mass is 16.1. The SMILES string of the molecule is N#CC(=CNc1cccc2c1C(=O)NC2)c1nn[nH]n1. The van der Waals surface area contributed by atoms with Crippen LogP contribution in [0, 0.1) is 11.3 Å². The summed E-state index contributed by atoms with van der Waals surface area (Å²) < 4.78 is 0. The Morgan fingerprint density at radius 1 is 1.50 bits per heavy atom. The minimum atomic E-state index is -0.130. The molecule has 8 heteroatoms. The van der Waals surface area contributed by atoms with Crippen molar-refractivity contribution in [2.45, 2.75) is 6.54 Å². The first kappa shape index (κ1) is 11.9. The largest absolute Gasteiger partial charge is 0.360 e. The lowest BCUT2D eigenvalue weighted by molar-refractivity contribution is 0.0966. The molecule has 98 valence electrons. The smallest absolute Gasteiger partial charge is 0.254 e. The van der Waals surface area contributed by atoms with Gasteiger partial charge < -0.3 is 10.6 Å². The van der Waals surface area contributed by atoms with Gasteiger partial charge >= 0.3 is 0 Å². The molecule has 1 aromatic heterocycles. The van der Waals surface area contributed by atoms with Gasteiger partial charge in [-0.2, -0.15) is 10.5 Å². The van der Waals surface area contributed by atoms with Crippen molar-refractivity contribution in [2.75, 3.05) is 5.32 Å². The first-order valence-electron chi connectivity index (χ1n) is 5.80. The molecule has 0 atom stereocenters. The van der Waals surface area contributed by atoms with Gasteiger partial charge in [0.15, 0.2) is 0 Å². The number of anilines is 1. The van der Waals surface area contributed by atoms with E-state index in [1.165, 1.54) is 6.20 Å². The minimum absolute atomic E-state index is 0.130. The van der Waals surface area contributed by atoms with E-state index in [1.807, 2.05) is 18.2 Å². The molecule has 1 amide bonds. The topological polar surface area (TPSA) is 119 Å². The number of aromatic amines is 1. The number of tetrazole rings is 1. The van der Waals surface area contributed by atoms with Crippen LogP contribution in [-0.4, -0.2) is 26.5 Å². The van der Waals surface area contributed by atoms with E-state index in [1.54, 1.807) is 6.07 Å². The number of nitriles is 1. The lowest BCUT2D eigenvalue weighted by Gasteiger charge is -2.05. The summed E-state index contributed by atoms with van der Waals surface area (Å²) in [4.78, 5) is 11.8. The molecule has 20 heavy (non-hydrogen) atoms. The number of carbonyl (C=O) groups is 1. The highest BCUT2D eigenvalue weighted by Crippen LogP contribution is 2.24. The van der Waals surface area contributed by atoms with E-state index in [0.29, 0.717) is 17.8 Å². The van der Waals surface area contributed by atoms with Gasteiger partial charge in [0.2, 0.25) is 5.82 Å². The number of amides is 1. The molecule has 8 nitrogen and oxygen atoms in total. The fraction of sp³-hybridized carbons (Fsp3) is 0.0833. The van der Waals surface area contributed by atoms with Gasteiger partial charge in [-0.3, -0.25) is 4.79 Å². The van der Waals surface area contributed by atoms with E-state index in [4.69, 9.17) is 5.26 Å². The Morgan fingerprint density at radius 2 is 2.40 bits per heavy atom. The molecule has 0 radical (unpaired) electrons. The van der Waals surface area contributed by atoms with E-state index < -0.39 is 0 Å². The van der Waals surface area contributed by atoms with Gasteiger partial charge in [0, 0.05) is 12.7 Å². The zero-order valence-corrected chi connectivity index (χ0v) is 10.2. The van der Waals surface area contributed by atoms with E-state index >= 15 is 0 Å². The Bertz CT molecular complexity index is 727. The number of H-pyrrole nitrogens is 1. The maximum Gasteiger partial charge on any atom is 0.254 e. The van der Waals surface area contributed by atoms with Crippen molar-refractivity contribution in [3.05, 3.63) is 41.4 Å². The summed E-state index contributed by atoms with van der Waals surface area (Å²) in [5, 5.41) is 27.9. The van der Waals surface area contributed by atoms with Crippen LogP contribution in [0.2, 0.25) is 0 Å². The van der Waals surface area contributed by atoms with E-state index in [0.717, 1.165) is 5.56 Å². The highest BCUT2D eigenvalue weighted by molar-refractivity contribution is 6.03. The number of nitrogens with one attached hydrogen (secondary N) is 3. The Labute approximate surface area is 113 Å². The second kappa shape index (κ2) is 4.81. The molecule has 0 fully saturated rings. The lowest BCUT2D eigenvalue weighted by atomic mass is 10.1. The monoisotopic (exact) mass is 267 g/mol. The summed E-state index contributed by atoms with van der Waals surface area (Å²) >= 11 is 0. The van der Waals surface area contributed by atoms with Crippen LogP contribution in [0.25, 0.3) is 5.57 Å². The highest BCUT2D eigenvalue weighted by Gasteiger charge is 2.21. The Morgan fingerprint density at radius 3 is 3.15 bits per heavy atom. The fourth-order valence-corrected chi connectivity index (χ4v) is 1.97. The maximum absolute atomic E-state index is 11.8. The molecule has 1 aliphatic heterocycles. The second-order valence-electron chi connectivity index (χ2n) is 4.07. The number of allylic oxidation sites excluding steroid dienone is 1. The third-order valence-corrected chi connectivity index (χ3v) is 2.90. The van der Waals surface area contributed by atoms with Gasteiger partial charge in [-0.1, -0.05) is 12.1 Å². The minimum Gasteiger partial charge on any atom is -0.360 e. The molecule has 2 aromatic rings. The zero-order valence-electron chi connectivity index (χ0n) is 10.2. The van der Waals surface area contributed by atoms with Crippen molar-refractivity contribution in [3.8, 4) is 6.07 Å². The number of carbonyl (C=O) groups excluding carboxylic acids is 1. The molecule has 0 saturated heterocycles. The van der Waals surface area contributed by atoms with Crippen LogP contribution in [0.5, 0.6) is 0 Å². The average molecular weight is 267 g/mol. The van der Waals surface area contributed by atoms with Crippen molar-refractivity contribution in [2.24, 2.45) is 0 Å². The van der Waals surface area contributed by atoms with Gasteiger partial charge in [0.1, 0.15) is 11.6 Å². The molecule has 0 bridgehead atoms. The molecule has 0 saturated carbocycles. The summed E-state index contributed by atoms with van der Waals surface area (Å²) in [6.07, 6.45) is 1.45. The van der Waals surface area contributed by atoms with Gasteiger partial charge in [0.25, 0.3) is 5.91 Å². The zero-order chi connectivity index (χ0) is 13.9. The number of hydrogen-bond acceptors (Lipinski definition) is 6. The van der Waals surface area contributed by atoms with Gasteiger partial charge in [-0.15, -0.1) is 10.2 Å². The van der Waals surface area contributed by atoms with E-state index in [-0.39, 0.29) is 17.3 Å². The summed E-state index contributed by atoms with van der Waals surface area (Å²) in [7, 11) is 0. The molecule has 0 unspecified atom stereocenters. The number of fused-ring (bicyclic) bond motifs is 1. The second-order valence-corrected chi connectivity index (χ2v) is 4.07. The normalized spacial score (nSPS) is 13.6. The average Bonchev–Trinajstić information content (AvgIpc) is 3.11. The number of benzene rings is 1. The molecule has 1 aliphatic rings. The summed E-state index contributed by atoms with van der Waals surface area (Å²) in [5.41, 5.74) is 2.36. The van der Waals surface area contributed by atoms with Gasteiger partial charge in [-0.05, 0) is 16.8 Å². The summed E-state index contributed by atoms with van der Waals surface area (Å²) in [5.74, 6) is 0.0617. The molecule has 0 spiro atoms. The van der Waals surface area contributed by atoms with Gasteiger partial charge in [0.05, 0.1) is 11.3 Å². The predicted octanol–water partition coefficient (Wildman–Crippen LogP) is 0.420. The van der Waals surface area contributed by atoms with Gasteiger partial charge in [-0.25, -0.2) is 0 Å². The summed E-state index contributed by atoms with van der Waals surface area (Å²) in [6, 6.07) is 7.46. The Balaban J connectivity index is 1.92. The lowest BCUT2D eigenvalue weighted by Crippen LogP contribution is -2.13. The fourth-order valence-electron chi connectivity index (χ4n) is 1.97. The van der Waals surface area contributed by atoms with Crippen LogP contribution >= 0.6 is 0 Å². The molecular formula is C12H9N7O. The van der Waals surface area contributed by atoms with E-state index in [9.17, 15) is 4.79 Å². The number of hydrogen-bond donors (Lipinski definition) is 3. The molecule has 1 aromatic carbocycles. The van der Waals surface area contributed by atoms with Crippen LogP contribution < -0.4 is 10.6 Å². The first-order chi connectivity index (χ1) is 9.79. The van der Waals surface area contributed by atoms with Crippen LogP contribution in [0.4, 0.5) is 5.69 Å². The first-order valence-corrected chi connectivity index (χ1v) is 5.80. The third kappa shape index (κ3) is 1.97. The molecule has 3 N–H and O–H groups in total. The standard InChI is InChI=1S/C12H9N7O/c13-4-8(11-16-18-19-17-11)6-14-9-3-1-2-7-5-15-12(20)10(7)9/h1-3,6,14H,5H2,(H,15,20)(H,16,17,18,19). The van der Waals surface area contributed by atoms with E-state index in [2.05, 4.69) is 31.3 Å². The van der Waals surface area contributed by atoms with Crippen LogP contribution in [0.15, 0.2) is 24.4 Å². The number of rotatable bonds is 3. The Hall–Kier alpha value is -3.21. The summed E-state index contributed by atoms with van der Waals surface area (Å²) in [6.45, 7) is 0.517. The molecule has 3 rings (SSSR count). The molecule has 0 aliphatic carbocycles. The van der Waals surface area contributed by atoms with Crippen LogP contribution in [0.3, 0.4) is 0 Å². The molecule has 2 heterocycles. The quantitative estimate of drug-likeness (QED) is 0.693. The van der Waals surface area contributed by atoms with Crippen LogP contribution in [-0.2, 0) is 6.54 Å². The van der Waals surface area contributed by atoms with Crippen molar-refractivity contribution in [1.82, 2.24) is 25.9 Å².